The number of carboxylic acids is 1. The number of nitrogens with one attached hydrogen (secondary N) is 2. The molecule has 3 N–H and O–H groups in total. The molecule has 0 fully saturated rings. The number of anilines is 1. The quantitative estimate of drug-likeness (QED) is 0.734. The van der Waals surface area contributed by atoms with Crippen LogP contribution in [0.3, 0.4) is 0 Å². The van der Waals surface area contributed by atoms with E-state index in [1.165, 1.54) is 24.9 Å². The van der Waals surface area contributed by atoms with Gasteiger partial charge in [0.25, 0.3) is 5.91 Å². The van der Waals surface area contributed by atoms with Crippen molar-refractivity contribution in [3.05, 3.63) is 23.8 Å². The number of rotatable bonds is 5. The number of carbonyl (C=O) groups excluding carboxylic acids is 2. The van der Waals surface area contributed by atoms with Crippen LogP contribution in [0.4, 0.5) is 5.69 Å². The Morgan fingerprint density at radius 3 is 2.95 bits per heavy atom. The zero-order valence-electron chi connectivity index (χ0n) is 11.2. The van der Waals surface area contributed by atoms with E-state index >= 15 is 0 Å². The summed E-state index contributed by atoms with van der Waals surface area (Å²) < 4.78 is 4.75. The highest BCUT2D eigenvalue weighted by Gasteiger charge is 2.22. The Hall–Kier alpha value is -2.06. The summed E-state index contributed by atoms with van der Waals surface area (Å²) in [5.74, 6) is -1.50. The minimum Gasteiger partial charge on any atom is -0.480 e. The van der Waals surface area contributed by atoms with Gasteiger partial charge in [-0.3, -0.25) is 9.59 Å². The number of hydrogen-bond donors (Lipinski definition) is 3. The Morgan fingerprint density at radius 2 is 2.29 bits per heavy atom. The van der Waals surface area contributed by atoms with Crippen molar-refractivity contribution >= 4 is 35.2 Å². The first kappa shape index (κ1) is 15.3. The average Bonchev–Trinajstić information content (AvgIpc) is 2.45. The van der Waals surface area contributed by atoms with Gasteiger partial charge >= 0.3 is 5.97 Å². The van der Waals surface area contributed by atoms with Crippen molar-refractivity contribution in [2.24, 2.45) is 0 Å². The second-order valence-corrected chi connectivity index (χ2v) is 5.38. The van der Waals surface area contributed by atoms with Crippen LogP contribution in [-0.2, 0) is 14.3 Å². The first-order valence-corrected chi connectivity index (χ1v) is 7.09. The normalized spacial score (nSPS) is 14.8. The molecule has 2 amide bonds. The molecule has 1 aromatic rings. The molecule has 1 aromatic carbocycles. The molecule has 0 aromatic heterocycles. The summed E-state index contributed by atoms with van der Waals surface area (Å²) in [6, 6.07) is 3.72. The number of aliphatic carboxylic acids is 1. The van der Waals surface area contributed by atoms with Crippen molar-refractivity contribution in [3.8, 4) is 0 Å². The zero-order chi connectivity index (χ0) is 15.4. The van der Waals surface area contributed by atoms with Crippen LogP contribution < -0.4 is 10.6 Å². The van der Waals surface area contributed by atoms with Gasteiger partial charge in [-0.25, -0.2) is 4.79 Å². The fourth-order valence-corrected chi connectivity index (χ4v) is 2.60. The molecular weight excluding hydrogens is 296 g/mol. The van der Waals surface area contributed by atoms with Crippen LogP contribution in [0.5, 0.6) is 0 Å². The van der Waals surface area contributed by atoms with Crippen LogP contribution >= 0.6 is 11.8 Å². The number of carbonyl (C=O) groups is 3. The van der Waals surface area contributed by atoms with Crippen LogP contribution in [0.1, 0.15) is 10.4 Å². The van der Waals surface area contributed by atoms with Gasteiger partial charge in [-0.1, -0.05) is 0 Å². The minimum absolute atomic E-state index is 0.126. The topological polar surface area (TPSA) is 105 Å². The Kier molecular flexibility index (Phi) is 4.81. The first-order chi connectivity index (χ1) is 10.0. The molecule has 8 heteroatoms. The van der Waals surface area contributed by atoms with Gasteiger partial charge in [-0.2, -0.15) is 0 Å². The van der Waals surface area contributed by atoms with Crippen molar-refractivity contribution < 1.29 is 24.2 Å². The lowest BCUT2D eigenvalue weighted by Gasteiger charge is -2.18. The van der Waals surface area contributed by atoms with E-state index in [9.17, 15) is 14.4 Å². The van der Waals surface area contributed by atoms with Gasteiger partial charge in [0.1, 0.15) is 0 Å². The lowest BCUT2D eigenvalue weighted by molar-refractivity contribution is -0.140. The number of amides is 2. The van der Waals surface area contributed by atoms with E-state index in [1.54, 1.807) is 12.1 Å². The Bertz CT molecular complexity index is 590. The molecule has 0 aliphatic carbocycles. The third-order valence-corrected chi connectivity index (χ3v) is 3.88. The smallest absolute Gasteiger partial charge is 0.328 e. The first-order valence-electron chi connectivity index (χ1n) is 6.10. The SMILES string of the molecule is COCC(NC(=O)c1ccc2c(c1)NC(=O)CS2)C(=O)O. The Labute approximate surface area is 125 Å². The molecular formula is C13H14N2O5S. The average molecular weight is 310 g/mol. The largest absolute Gasteiger partial charge is 0.480 e. The maximum atomic E-state index is 12.1. The van der Waals surface area contributed by atoms with Crippen LogP contribution in [0.2, 0.25) is 0 Å². The molecule has 1 aliphatic heterocycles. The van der Waals surface area contributed by atoms with Crippen molar-refractivity contribution in [3.63, 3.8) is 0 Å². The molecule has 0 radical (unpaired) electrons. The number of fused-ring (bicyclic) bond motifs is 1. The van der Waals surface area contributed by atoms with Crippen LogP contribution in [0.15, 0.2) is 23.1 Å². The second kappa shape index (κ2) is 6.59. The van der Waals surface area contributed by atoms with Crippen molar-refractivity contribution in [1.29, 1.82) is 0 Å². The molecule has 112 valence electrons. The summed E-state index contributed by atoms with van der Waals surface area (Å²) in [7, 11) is 1.35. The van der Waals surface area contributed by atoms with E-state index < -0.39 is 17.9 Å². The maximum absolute atomic E-state index is 12.1. The minimum atomic E-state index is -1.17. The lowest BCUT2D eigenvalue weighted by Crippen LogP contribution is -2.43. The highest BCUT2D eigenvalue weighted by Crippen LogP contribution is 2.31. The molecule has 0 saturated carbocycles. The van der Waals surface area contributed by atoms with Crippen molar-refractivity contribution in [1.82, 2.24) is 5.32 Å². The Balaban J connectivity index is 2.14. The van der Waals surface area contributed by atoms with Gasteiger partial charge < -0.3 is 20.5 Å². The Morgan fingerprint density at radius 1 is 1.52 bits per heavy atom. The van der Waals surface area contributed by atoms with Crippen molar-refractivity contribution in [2.45, 2.75) is 10.9 Å². The van der Waals surface area contributed by atoms with E-state index in [-0.39, 0.29) is 18.1 Å². The van der Waals surface area contributed by atoms with Gasteiger partial charge in [-0.05, 0) is 18.2 Å². The number of ether oxygens (including phenoxy) is 1. The molecule has 1 unspecified atom stereocenters. The number of hydrogen-bond acceptors (Lipinski definition) is 5. The van der Waals surface area contributed by atoms with E-state index in [0.717, 1.165) is 4.90 Å². The van der Waals surface area contributed by atoms with Crippen molar-refractivity contribution in [2.75, 3.05) is 24.8 Å². The standard InChI is InChI=1S/C13H14N2O5S/c1-20-5-9(13(18)19)15-12(17)7-2-3-10-8(4-7)14-11(16)6-21-10/h2-4,9H,5-6H2,1H3,(H,14,16)(H,15,17)(H,18,19). The summed E-state index contributed by atoms with van der Waals surface area (Å²) in [4.78, 5) is 35.2. The molecule has 1 heterocycles. The fraction of sp³-hybridized carbons (Fsp3) is 0.308. The van der Waals surface area contributed by atoms with E-state index in [0.29, 0.717) is 11.4 Å². The molecule has 21 heavy (non-hydrogen) atoms. The monoisotopic (exact) mass is 310 g/mol. The predicted molar refractivity (Wildman–Crippen MR) is 76.6 cm³/mol. The van der Waals surface area contributed by atoms with Crippen LogP contribution in [0, 0.1) is 0 Å². The number of carboxylic acid groups (broad SMARTS) is 1. The molecule has 1 atom stereocenters. The van der Waals surface area contributed by atoms with Crippen LogP contribution in [-0.4, -0.2) is 48.4 Å². The van der Waals surface area contributed by atoms with Gasteiger partial charge in [0.15, 0.2) is 6.04 Å². The lowest BCUT2D eigenvalue weighted by atomic mass is 10.1. The molecule has 1 aliphatic rings. The van der Waals surface area contributed by atoms with Gasteiger partial charge in [0.05, 0.1) is 18.0 Å². The zero-order valence-corrected chi connectivity index (χ0v) is 12.0. The van der Waals surface area contributed by atoms with Crippen LogP contribution in [0.25, 0.3) is 0 Å². The summed E-state index contributed by atoms with van der Waals surface area (Å²) in [6.45, 7) is -0.126. The molecule has 0 spiro atoms. The highest BCUT2D eigenvalue weighted by atomic mass is 32.2. The number of methoxy groups -OCH3 is 1. The molecule has 7 nitrogen and oxygen atoms in total. The second-order valence-electron chi connectivity index (χ2n) is 4.37. The van der Waals surface area contributed by atoms with Gasteiger partial charge in [0, 0.05) is 17.6 Å². The van der Waals surface area contributed by atoms with E-state index in [2.05, 4.69) is 10.6 Å². The molecule has 0 bridgehead atoms. The molecule has 2 rings (SSSR count). The molecule has 0 saturated heterocycles. The van der Waals surface area contributed by atoms with E-state index in [1.807, 2.05) is 0 Å². The number of benzene rings is 1. The third-order valence-electron chi connectivity index (χ3n) is 2.81. The predicted octanol–water partition coefficient (Wildman–Crippen LogP) is 0.560. The maximum Gasteiger partial charge on any atom is 0.328 e. The summed E-state index contributed by atoms with van der Waals surface area (Å²) >= 11 is 1.39. The van der Waals surface area contributed by atoms with Gasteiger partial charge in [-0.15, -0.1) is 11.8 Å². The fourth-order valence-electron chi connectivity index (χ4n) is 1.81. The highest BCUT2D eigenvalue weighted by molar-refractivity contribution is 8.00. The summed E-state index contributed by atoms with van der Waals surface area (Å²) in [5.41, 5.74) is 0.835. The number of thioether (sulfide) groups is 1. The van der Waals surface area contributed by atoms with E-state index in [4.69, 9.17) is 9.84 Å². The third kappa shape index (κ3) is 3.73. The summed E-state index contributed by atoms with van der Waals surface area (Å²) in [6.07, 6.45) is 0. The van der Waals surface area contributed by atoms with Gasteiger partial charge in [0.2, 0.25) is 5.91 Å². The summed E-state index contributed by atoms with van der Waals surface area (Å²) in [5, 5.41) is 14.0.